The molecular formula is C17H21NO3. The molecule has 0 atom stereocenters. The van der Waals surface area contributed by atoms with Gasteiger partial charge in [-0.1, -0.05) is 0 Å². The van der Waals surface area contributed by atoms with Crippen LogP contribution in [0.2, 0.25) is 0 Å². The molecule has 0 aromatic heterocycles. The van der Waals surface area contributed by atoms with Crippen molar-refractivity contribution in [1.29, 1.82) is 0 Å². The van der Waals surface area contributed by atoms with Gasteiger partial charge in [0.2, 0.25) is 0 Å². The minimum absolute atomic E-state index is 0.242. The summed E-state index contributed by atoms with van der Waals surface area (Å²) in [6.45, 7) is 0.419. The molecule has 112 valence electrons. The van der Waals surface area contributed by atoms with Crippen LogP contribution < -0.4 is 9.64 Å². The van der Waals surface area contributed by atoms with Crippen LogP contribution in [0.3, 0.4) is 0 Å². The first-order valence-electron chi connectivity index (χ1n) is 7.44. The number of ether oxygens (including phenoxy) is 2. The molecule has 0 radical (unpaired) electrons. The normalized spacial score (nSPS) is 19.2. The van der Waals surface area contributed by atoms with E-state index in [9.17, 15) is 5.11 Å². The number of anilines is 1. The Morgan fingerprint density at radius 1 is 1.14 bits per heavy atom. The monoisotopic (exact) mass is 287 g/mol. The molecule has 0 amide bonds. The predicted molar refractivity (Wildman–Crippen MR) is 82.5 cm³/mol. The molecule has 21 heavy (non-hydrogen) atoms. The summed E-state index contributed by atoms with van der Waals surface area (Å²) in [7, 11) is 1.56. The topological polar surface area (TPSA) is 41.9 Å². The summed E-state index contributed by atoms with van der Waals surface area (Å²) in [4.78, 5) is 1.97. The summed E-state index contributed by atoms with van der Waals surface area (Å²) >= 11 is 0. The third kappa shape index (κ3) is 3.15. The zero-order chi connectivity index (χ0) is 14.7. The van der Waals surface area contributed by atoms with E-state index >= 15 is 0 Å². The Bertz CT molecular complexity index is 542. The summed E-state index contributed by atoms with van der Waals surface area (Å²) < 4.78 is 11.0. The lowest BCUT2D eigenvalue weighted by molar-refractivity contribution is 0.210. The number of hydrogen-bond acceptors (Lipinski definition) is 4. The summed E-state index contributed by atoms with van der Waals surface area (Å²) in [6.07, 6.45) is 8.92. The fourth-order valence-corrected chi connectivity index (χ4v) is 2.82. The molecule has 4 nitrogen and oxygen atoms in total. The number of benzene rings is 1. The number of aliphatic hydroxyl groups excluding tert-OH is 1. The maximum absolute atomic E-state index is 9.88. The molecule has 1 fully saturated rings. The van der Waals surface area contributed by atoms with Crippen molar-refractivity contribution in [3.63, 3.8) is 0 Å². The SMILES string of the molecule is COC1=C(O)CN(c2ccc(OC3CCCC3)cc2)C=C1. The fourth-order valence-electron chi connectivity index (χ4n) is 2.82. The third-order valence-corrected chi connectivity index (χ3v) is 4.00. The number of rotatable bonds is 4. The zero-order valence-corrected chi connectivity index (χ0v) is 12.3. The van der Waals surface area contributed by atoms with Gasteiger partial charge >= 0.3 is 0 Å². The van der Waals surface area contributed by atoms with Crippen LogP contribution in [-0.2, 0) is 4.74 Å². The molecule has 0 unspecified atom stereocenters. The van der Waals surface area contributed by atoms with Crippen LogP contribution in [0.25, 0.3) is 0 Å². The van der Waals surface area contributed by atoms with Gasteiger partial charge in [0.25, 0.3) is 0 Å². The average molecular weight is 287 g/mol. The lowest BCUT2D eigenvalue weighted by Crippen LogP contribution is -2.23. The van der Waals surface area contributed by atoms with Gasteiger partial charge in [-0.2, -0.15) is 0 Å². The van der Waals surface area contributed by atoms with E-state index in [1.807, 2.05) is 35.4 Å². The van der Waals surface area contributed by atoms with Crippen molar-refractivity contribution in [3.8, 4) is 5.75 Å². The molecule has 2 aliphatic rings. The zero-order valence-electron chi connectivity index (χ0n) is 12.3. The highest BCUT2D eigenvalue weighted by Gasteiger charge is 2.17. The average Bonchev–Trinajstić information content (AvgIpc) is 3.01. The highest BCUT2D eigenvalue weighted by atomic mass is 16.5. The molecule has 4 heteroatoms. The Kier molecular flexibility index (Phi) is 4.04. The Balaban J connectivity index is 1.65. The first-order valence-corrected chi connectivity index (χ1v) is 7.44. The van der Waals surface area contributed by atoms with E-state index in [-0.39, 0.29) is 5.76 Å². The lowest BCUT2D eigenvalue weighted by atomic mass is 10.2. The lowest BCUT2D eigenvalue weighted by Gasteiger charge is -2.24. The first kappa shape index (κ1) is 13.9. The molecule has 0 saturated heterocycles. The van der Waals surface area contributed by atoms with Gasteiger partial charge in [-0.25, -0.2) is 0 Å². The minimum Gasteiger partial charge on any atom is -0.507 e. The molecule has 1 aliphatic carbocycles. The highest BCUT2D eigenvalue weighted by Crippen LogP contribution is 2.27. The maximum atomic E-state index is 9.88. The van der Waals surface area contributed by atoms with Crippen LogP contribution in [0, 0.1) is 0 Å². The highest BCUT2D eigenvalue weighted by molar-refractivity contribution is 5.54. The van der Waals surface area contributed by atoms with Crippen LogP contribution >= 0.6 is 0 Å². The molecule has 3 rings (SSSR count). The van der Waals surface area contributed by atoms with Crippen molar-refractivity contribution < 1.29 is 14.6 Å². The Hall–Kier alpha value is -2.10. The smallest absolute Gasteiger partial charge is 0.159 e. The Morgan fingerprint density at radius 2 is 1.86 bits per heavy atom. The van der Waals surface area contributed by atoms with Crippen LogP contribution in [0.15, 0.2) is 48.1 Å². The molecule has 1 aromatic carbocycles. The van der Waals surface area contributed by atoms with Crippen LogP contribution in [0.1, 0.15) is 25.7 Å². The summed E-state index contributed by atoms with van der Waals surface area (Å²) in [5, 5.41) is 9.88. The summed E-state index contributed by atoms with van der Waals surface area (Å²) in [5.41, 5.74) is 1.02. The molecule has 1 N–H and O–H groups in total. The molecule has 0 spiro atoms. The summed E-state index contributed by atoms with van der Waals surface area (Å²) in [6, 6.07) is 8.02. The molecule has 1 heterocycles. The van der Waals surface area contributed by atoms with Gasteiger partial charge in [-0.15, -0.1) is 0 Å². The van der Waals surface area contributed by atoms with E-state index in [1.54, 1.807) is 13.2 Å². The van der Waals surface area contributed by atoms with Crippen molar-refractivity contribution in [3.05, 3.63) is 48.1 Å². The quantitative estimate of drug-likeness (QED) is 0.915. The van der Waals surface area contributed by atoms with Crippen molar-refractivity contribution in [2.45, 2.75) is 31.8 Å². The third-order valence-electron chi connectivity index (χ3n) is 4.00. The van der Waals surface area contributed by atoms with Crippen LogP contribution in [0.5, 0.6) is 5.75 Å². The molecule has 1 aliphatic heterocycles. The van der Waals surface area contributed by atoms with Gasteiger partial charge in [0.15, 0.2) is 11.5 Å². The number of allylic oxidation sites excluding steroid dienone is 1. The van der Waals surface area contributed by atoms with Gasteiger partial charge in [0, 0.05) is 11.9 Å². The molecule has 0 bridgehead atoms. The largest absolute Gasteiger partial charge is 0.507 e. The Morgan fingerprint density at radius 3 is 2.48 bits per heavy atom. The molecule has 1 saturated carbocycles. The minimum atomic E-state index is 0.242. The second-order valence-electron chi connectivity index (χ2n) is 5.48. The van der Waals surface area contributed by atoms with Crippen LogP contribution in [0.4, 0.5) is 5.69 Å². The summed E-state index contributed by atoms with van der Waals surface area (Å²) in [5.74, 6) is 1.68. The second-order valence-corrected chi connectivity index (χ2v) is 5.48. The van der Waals surface area contributed by atoms with E-state index in [4.69, 9.17) is 9.47 Å². The molecule has 1 aromatic rings. The van der Waals surface area contributed by atoms with Gasteiger partial charge in [-0.3, -0.25) is 0 Å². The van der Waals surface area contributed by atoms with Gasteiger partial charge in [-0.05, 0) is 56.0 Å². The van der Waals surface area contributed by atoms with E-state index < -0.39 is 0 Å². The Labute approximate surface area is 125 Å². The molecular weight excluding hydrogens is 266 g/mol. The van der Waals surface area contributed by atoms with Gasteiger partial charge in [0.05, 0.1) is 19.8 Å². The van der Waals surface area contributed by atoms with Crippen molar-refractivity contribution in [1.82, 2.24) is 0 Å². The second kappa shape index (κ2) is 6.12. The van der Waals surface area contributed by atoms with Crippen molar-refractivity contribution >= 4 is 5.69 Å². The van der Waals surface area contributed by atoms with Crippen molar-refractivity contribution in [2.75, 3.05) is 18.6 Å². The van der Waals surface area contributed by atoms with E-state index in [1.165, 1.54) is 12.8 Å². The maximum Gasteiger partial charge on any atom is 0.159 e. The number of hydrogen-bond donors (Lipinski definition) is 1. The number of aliphatic hydroxyl groups is 1. The van der Waals surface area contributed by atoms with E-state index in [2.05, 4.69) is 0 Å². The van der Waals surface area contributed by atoms with Gasteiger partial charge < -0.3 is 19.5 Å². The standard InChI is InChI=1S/C17H21NO3/c1-20-17-10-11-18(12-16(17)19)13-6-8-15(9-7-13)21-14-4-2-3-5-14/h6-11,14,19H,2-5,12H2,1H3. The van der Waals surface area contributed by atoms with Crippen LogP contribution in [-0.4, -0.2) is 24.9 Å². The number of methoxy groups -OCH3 is 1. The first-order chi connectivity index (χ1) is 10.3. The van der Waals surface area contributed by atoms with Crippen molar-refractivity contribution in [2.24, 2.45) is 0 Å². The van der Waals surface area contributed by atoms with E-state index in [0.717, 1.165) is 24.3 Å². The fraction of sp³-hybridized carbons (Fsp3) is 0.412. The van der Waals surface area contributed by atoms with E-state index in [0.29, 0.717) is 18.4 Å². The predicted octanol–water partition coefficient (Wildman–Crippen LogP) is 3.76. The number of nitrogens with zero attached hydrogens (tertiary/aromatic N) is 1. The van der Waals surface area contributed by atoms with Gasteiger partial charge in [0.1, 0.15) is 5.75 Å².